The fraction of sp³-hybridized carbons (Fsp3) is 0.167. The average molecular weight is 127 g/mol. The number of allylic oxidation sites excluding steroid dienone is 1. The third-order valence-electron chi connectivity index (χ3n) is 1.07. The van der Waals surface area contributed by atoms with Crippen molar-refractivity contribution in [2.24, 2.45) is 0 Å². The van der Waals surface area contributed by atoms with Gasteiger partial charge in [-0.1, -0.05) is 6.58 Å². The normalized spacial score (nSPS) is 19.0. The number of rotatable bonds is 0. The van der Waals surface area contributed by atoms with Gasteiger partial charge in [0, 0.05) is 6.20 Å². The summed E-state index contributed by atoms with van der Waals surface area (Å²) in [6, 6.07) is 0. The molecule has 0 aliphatic carbocycles. The summed E-state index contributed by atoms with van der Waals surface area (Å²) in [5, 5.41) is 2.23. The molecule has 0 aromatic heterocycles. The van der Waals surface area contributed by atoms with Crippen molar-refractivity contribution in [3.8, 4) is 0 Å². The molecule has 1 N–H and O–H groups in total. The van der Waals surface area contributed by atoms with Crippen LogP contribution in [0.4, 0.5) is 4.39 Å². The lowest BCUT2D eigenvalue weighted by Crippen LogP contribution is -2.21. The molecule has 48 valence electrons. The Morgan fingerprint density at radius 2 is 2.44 bits per heavy atom. The maximum Gasteiger partial charge on any atom is 0.228 e. The van der Waals surface area contributed by atoms with Crippen molar-refractivity contribution < 1.29 is 9.18 Å². The number of halogens is 1. The number of nitrogens with one attached hydrogen (secondary N) is 1. The molecular formula is C6H6FNO. The van der Waals surface area contributed by atoms with E-state index in [0.29, 0.717) is 0 Å². The Morgan fingerprint density at radius 1 is 1.78 bits per heavy atom. The summed E-state index contributed by atoms with van der Waals surface area (Å²) in [6.07, 6.45) is 1.09. The van der Waals surface area contributed by atoms with Crippen LogP contribution in [0, 0.1) is 0 Å². The first-order chi connectivity index (χ1) is 4.20. The Labute approximate surface area is 52.1 Å². The van der Waals surface area contributed by atoms with Gasteiger partial charge >= 0.3 is 0 Å². The highest BCUT2D eigenvalue weighted by molar-refractivity contribution is 5.82. The Bertz CT molecular complexity index is 195. The standard InChI is InChI=1S/C6H6FNO/c1-4-2-6(9)8-3-5(4)7/h3H,1-2H2,(H,8,9). The van der Waals surface area contributed by atoms with Gasteiger partial charge in [-0.15, -0.1) is 0 Å². The fourth-order valence-corrected chi connectivity index (χ4v) is 0.575. The Balaban J connectivity index is 2.79. The largest absolute Gasteiger partial charge is 0.329 e. The van der Waals surface area contributed by atoms with E-state index in [2.05, 4.69) is 11.9 Å². The first-order valence-electron chi connectivity index (χ1n) is 2.53. The Hall–Kier alpha value is -1.12. The van der Waals surface area contributed by atoms with Gasteiger partial charge in [0.2, 0.25) is 5.91 Å². The lowest BCUT2D eigenvalue weighted by atomic mass is 10.1. The molecule has 0 unspecified atom stereocenters. The van der Waals surface area contributed by atoms with Gasteiger partial charge in [0.1, 0.15) is 5.83 Å². The molecule has 0 atom stereocenters. The number of carbonyl (C=O) groups excluding carboxylic acids is 1. The minimum absolute atomic E-state index is 0.0718. The van der Waals surface area contributed by atoms with E-state index in [1.54, 1.807) is 0 Å². The summed E-state index contributed by atoms with van der Waals surface area (Å²) < 4.78 is 12.3. The van der Waals surface area contributed by atoms with E-state index in [4.69, 9.17) is 0 Å². The van der Waals surface area contributed by atoms with Gasteiger partial charge in [-0.3, -0.25) is 4.79 Å². The highest BCUT2D eigenvalue weighted by Crippen LogP contribution is 2.15. The highest BCUT2D eigenvalue weighted by Gasteiger charge is 2.12. The van der Waals surface area contributed by atoms with Crippen LogP contribution >= 0.6 is 0 Å². The van der Waals surface area contributed by atoms with Crippen molar-refractivity contribution in [2.75, 3.05) is 0 Å². The van der Waals surface area contributed by atoms with Gasteiger partial charge in [-0.2, -0.15) is 0 Å². The highest BCUT2D eigenvalue weighted by atomic mass is 19.1. The molecule has 1 aliphatic rings. The molecule has 0 saturated carbocycles. The van der Waals surface area contributed by atoms with E-state index in [1.807, 2.05) is 0 Å². The van der Waals surface area contributed by atoms with E-state index < -0.39 is 5.83 Å². The third-order valence-corrected chi connectivity index (χ3v) is 1.07. The first kappa shape index (κ1) is 6.01. The summed E-state index contributed by atoms with van der Waals surface area (Å²) in [7, 11) is 0. The summed E-state index contributed by atoms with van der Waals surface area (Å²) in [5.74, 6) is -0.643. The number of carbonyl (C=O) groups is 1. The van der Waals surface area contributed by atoms with Crippen molar-refractivity contribution in [1.29, 1.82) is 0 Å². The molecule has 0 aromatic carbocycles. The molecule has 1 rings (SSSR count). The fourth-order valence-electron chi connectivity index (χ4n) is 0.575. The van der Waals surface area contributed by atoms with E-state index in [-0.39, 0.29) is 17.9 Å². The van der Waals surface area contributed by atoms with E-state index >= 15 is 0 Å². The van der Waals surface area contributed by atoms with Crippen molar-refractivity contribution in [2.45, 2.75) is 6.42 Å². The first-order valence-corrected chi connectivity index (χ1v) is 2.53. The van der Waals surface area contributed by atoms with Gasteiger partial charge in [0.25, 0.3) is 0 Å². The van der Waals surface area contributed by atoms with Crippen LogP contribution in [0.2, 0.25) is 0 Å². The zero-order valence-corrected chi connectivity index (χ0v) is 4.78. The minimum Gasteiger partial charge on any atom is -0.329 e. The Kier molecular flexibility index (Phi) is 1.34. The quantitative estimate of drug-likeness (QED) is 0.514. The van der Waals surface area contributed by atoms with Crippen LogP contribution in [0.5, 0.6) is 0 Å². The van der Waals surface area contributed by atoms with Crippen molar-refractivity contribution in [3.63, 3.8) is 0 Å². The molecule has 0 bridgehead atoms. The summed E-state index contributed by atoms with van der Waals surface area (Å²) >= 11 is 0. The molecule has 2 nitrogen and oxygen atoms in total. The van der Waals surface area contributed by atoms with Gasteiger partial charge in [0.05, 0.1) is 6.42 Å². The second kappa shape index (κ2) is 2.01. The summed E-state index contributed by atoms with van der Waals surface area (Å²) in [6.45, 7) is 3.34. The van der Waals surface area contributed by atoms with Crippen LogP contribution in [0.1, 0.15) is 6.42 Å². The van der Waals surface area contributed by atoms with Gasteiger partial charge in [-0.25, -0.2) is 4.39 Å². The monoisotopic (exact) mass is 127 g/mol. The Morgan fingerprint density at radius 3 is 2.89 bits per heavy atom. The van der Waals surface area contributed by atoms with Crippen molar-refractivity contribution in [3.05, 3.63) is 24.2 Å². The molecule has 0 spiro atoms. The second-order valence-electron chi connectivity index (χ2n) is 1.84. The molecule has 1 aliphatic heterocycles. The maximum atomic E-state index is 12.3. The molecular weight excluding hydrogens is 121 g/mol. The summed E-state index contributed by atoms with van der Waals surface area (Å²) in [5.41, 5.74) is 0.249. The maximum absolute atomic E-state index is 12.3. The molecule has 0 aromatic rings. The molecule has 1 heterocycles. The predicted octanol–water partition coefficient (Wildman–Crippen LogP) is 0.873. The second-order valence-corrected chi connectivity index (χ2v) is 1.84. The van der Waals surface area contributed by atoms with Crippen LogP contribution in [0.3, 0.4) is 0 Å². The third kappa shape index (κ3) is 1.16. The van der Waals surface area contributed by atoms with Crippen molar-refractivity contribution in [1.82, 2.24) is 5.32 Å². The lowest BCUT2D eigenvalue weighted by Gasteiger charge is -2.07. The zero-order valence-electron chi connectivity index (χ0n) is 4.78. The molecule has 0 radical (unpaired) electrons. The SMILES string of the molecule is C=C1CC(=O)NC=C1F. The molecule has 3 heteroatoms. The van der Waals surface area contributed by atoms with Crippen LogP contribution in [-0.2, 0) is 4.79 Å². The molecule has 9 heavy (non-hydrogen) atoms. The van der Waals surface area contributed by atoms with Crippen molar-refractivity contribution >= 4 is 5.91 Å². The predicted molar refractivity (Wildman–Crippen MR) is 31.1 cm³/mol. The molecule has 1 amide bonds. The number of hydrogen-bond acceptors (Lipinski definition) is 1. The number of amides is 1. The minimum atomic E-state index is -0.436. The lowest BCUT2D eigenvalue weighted by molar-refractivity contribution is -0.119. The smallest absolute Gasteiger partial charge is 0.228 e. The van der Waals surface area contributed by atoms with Gasteiger partial charge in [-0.05, 0) is 5.57 Å². The van der Waals surface area contributed by atoms with Gasteiger partial charge in [0.15, 0.2) is 0 Å². The van der Waals surface area contributed by atoms with Crippen LogP contribution in [-0.4, -0.2) is 5.91 Å². The topological polar surface area (TPSA) is 29.1 Å². The average Bonchev–Trinajstić information content (AvgIpc) is 1.80. The van der Waals surface area contributed by atoms with E-state index in [9.17, 15) is 9.18 Å². The van der Waals surface area contributed by atoms with E-state index in [1.165, 1.54) is 0 Å². The van der Waals surface area contributed by atoms with Crippen LogP contribution in [0.15, 0.2) is 24.2 Å². The van der Waals surface area contributed by atoms with Crippen LogP contribution in [0.25, 0.3) is 0 Å². The zero-order chi connectivity index (χ0) is 6.85. The number of hydrogen-bond donors (Lipinski definition) is 1. The van der Waals surface area contributed by atoms with Gasteiger partial charge < -0.3 is 5.32 Å². The molecule has 0 saturated heterocycles. The summed E-state index contributed by atoms with van der Waals surface area (Å²) in [4.78, 5) is 10.4. The van der Waals surface area contributed by atoms with E-state index in [0.717, 1.165) is 6.20 Å². The van der Waals surface area contributed by atoms with Crippen LogP contribution < -0.4 is 5.32 Å². The molecule has 0 fully saturated rings.